The highest BCUT2D eigenvalue weighted by Crippen LogP contribution is 2.27. The summed E-state index contributed by atoms with van der Waals surface area (Å²) in [7, 11) is 0. The Morgan fingerprint density at radius 2 is 2.10 bits per heavy atom. The summed E-state index contributed by atoms with van der Waals surface area (Å²) in [6.45, 7) is 9.05. The Labute approximate surface area is 126 Å². The zero-order valence-corrected chi connectivity index (χ0v) is 13.3. The van der Waals surface area contributed by atoms with Crippen molar-refractivity contribution in [3.05, 3.63) is 34.6 Å². The third kappa shape index (κ3) is 3.16. The lowest BCUT2D eigenvalue weighted by Crippen LogP contribution is -2.62. The number of nitrogens with one attached hydrogen (secondary N) is 1. The number of piperazine rings is 1. The SMILES string of the molecule is CCC1(CC)CN(Cc2c(F)cccc2Cl)C(C)CN1. The quantitative estimate of drug-likeness (QED) is 0.909. The fraction of sp³-hybridized carbons (Fsp3) is 0.625. The molecular weight excluding hydrogens is 275 g/mol. The van der Waals surface area contributed by atoms with Crippen molar-refractivity contribution in [1.82, 2.24) is 10.2 Å². The lowest BCUT2D eigenvalue weighted by Gasteiger charge is -2.46. The minimum Gasteiger partial charge on any atom is -0.308 e. The fourth-order valence-corrected chi connectivity index (χ4v) is 3.14. The van der Waals surface area contributed by atoms with Crippen molar-refractivity contribution in [2.24, 2.45) is 0 Å². The van der Waals surface area contributed by atoms with Crippen LogP contribution < -0.4 is 5.32 Å². The molecule has 1 unspecified atom stereocenters. The van der Waals surface area contributed by atoms with Gasteiger partial charge in [-0.1, -0.05) is 31.5 Å². The summed E-state index contributed by atoms with van der Waals surface area (Å²) >= 11 is 6.15. The minimum absolute atomic E-state index is 0.143. The van der Waals surface area contributed by atoms with Gasteiger partial charge in [-0.25, -0.2) is 4.39 Å². The van der Waals surface area contributed by atoms with Crippen LogP contribution in [0.2, 0.25) is 5.02 Å². The Hall–Kier alpha value is -0.640. The van der Waals surface area contributed by atoms with Crippen molar-refractivity contribution in [3.63, 3.8) is 0 Å². The van der Waals surface area contributed by atoms with Crippen molar-refractivity contribution in [1.29, 1.82) is 0 Å². The molecule has 0 saturated carbocycles. The summed E-state index contributed by atoms with van der Waals surface area (Å²) in [4.78, 5) is 2.34. The Kier molecular flexibility index (Phi) is 5.05. The van der Waals surface area contributed by atoms with Crippen LogP contribution in [0.1, 0.15) is 39.2 Å². The number of halogens is 2. The number of nitrogens with zero attached hydrogens (tertiary/aromatic N) is 1. The molecule has 112 valence electrons. The van der Waals surface area contributed by atoms with Gasteiger partial charge in [0, 0.05) is 41.8 Å². The molecule has 1 heterocycles. The van der Waals surface area contributed by atoms with Gasteiger partial charge in [0.15, 0.2) is 0 Å². The van der Waals surface area contributed by atoms with Crippen molar-refractivity contribution in [2.45, 2.75) is 51.7 Å². The first kappa shape index (κ1) is 15.7. The summed E-state index contributed by atoms with van der Waals surface area (Å²) in [5.41, 5.74) is 0.758. The Morgan fingerprint density at radius 3 is 2.70 bits per heavy atom. The first-order valence-corrected chi connectivity index (χ1v) is 7.81. The maximum atomic E-state index is 14.0. The Bertz CT molecular complexity index is 440. The van der Waals surface area contributed by atoms with E-state index in [1.165, 1.54) is 6.07 Å². The number of hydrogen-bond acceptors (Lipinski definition) is 2. The van der Waals surface area contributed by atoms with E-state index in [1.54, 1.807) is 12.1 Å². The van der Waals surface area contributed by atoms with E-state index in [0.29, 0.717) is 23.2 Å². The van der Waals surface area contributed by atoms with Gasteiger partial charge in [-0.2, -0.15) is 0 Å². The van der Waals surface area contributed by atoms with Crippen LogP contribution in [0.4, 0.5) is 4.39 Å². The van der Waals surface area contributed by atoms with Gasteiger partial charge in [-0.15, -0.1) is 0 Å². The predicted octanol–water partition coefficient (Wildman–Crippen LogP) is 3.83. The molecule has 0 spiro atoms. The van der Waals surface area contributed by atoms with Crippen LogP contribution in [0.3, 0.4) is 0 Å². The number of rotatable bonds is 4. The van der Waals surface area contributed by atoms with Crippen molar-refractivity contribution >= 4 is 11.6 Å². The summed E-state index contributed by atoms with van der Waals surface area (Å²) in [5.74, 6) is -0.207. The van der Waals surface area contributed by atoms with Crippen LogP contribution in [-0.2, 0) is 6.54 Å². The standard InChI is InChI=1S/C16H24ClFN2/c1-4-16(5-2)11-20(12(3)9-19-16)10-13-14(17)7-6-8-15(13)18/h6-8,12,19H,4-5,9-11H2,1-3H3. The molecule has 1 atom stereocenters. The highest BCUT2D eigenvalue weighted by atomic mass is 35.5. The summed E-state index contributed by atoms with van der Waals surface area (Å²) in [6, 6.07) is 5.29. The molecule has 1 saturated heterocycles. The normalized spacial score (nSPS) is 22.9. The first-order chi connectivity index (χ1) is 9.51. The van der Waals surface area contributed by atoms with E-state index < -0.39 is 0 Å². The molecule has 20 heavy (non-hydrogen) atoms. The third-order valence-electron chi connectivity index (χ3n) is 4.68. The van der Waals surface area contributed by atoms with Crippen LogP contribution in [0.5, 0.6) is 0 Å². The number of benzene rings is 1. The van der Waals surface area contributed by atoms with Gasteiger partial charge < -0.3 is 5.32 Å². The van der Waals surface area contributed by atoms with E-state index in [4.69, 9.17) is 11.6 Å². The Morgan fingerprint density at radius 1 is 1.40 bits per heavy atom. The molecule has 1 fully saturated rings. The van der Waals surface area contributed by atoms with E-state index >= 15 is 0 Å². The topological polar surface area (TPSA) is 15.3 Å². The average Bonchev–Trinajstić information content (AvgIpc) is 2.45. The molecule has 0 bridgehead atoms. The second kappa shape index (κ2) is 6.42. The lowest BCUT2D eigenvalue weighted by atomic mass is 9.88. The smallest absolute Gasteiger partial charge is 0.129 e. The highest BCUT2D eigenvalue weighted by molar-refractivity contribution is 6.31. The summed E-state index contributed by atoms with van der Waals surface area (Å²) in [6.07, 6.45) is 2.16. The molecule has 1 aromatic rings. The average molecular weight is 299 g/mol. The molecule has 4 heteroatoms. The van der Waals surface area contributed by atoms with Crippen molar-refractivity contribution in [2.75, 3.05) is 13.1 Å². The van der Waals surface area contributed by atoms with Crippen LogP contribution >= 0.6 is 11.6 Å². The third-order valence-corrected chi connectivity index (χ3v) is 5.03. The summed E-state index contributed by atoms with van der Waals surface area (Å²) in [5, 5.41) is 4.18. The van der Waals surface area contributed by atoms with E-state index in [9.17, 15) is 4.39 Å². The van der Waals surface area contributed by atoms with Gasteiger partial charge in [0.25, 0.3) is 0 Å². The van der Waals surface area contributed by atoms with Crippen LogP contribution in [0.15, 0.2) is 18.2 Å². The van der Waals surface area contributed by atoms with Gasteiger partial charge in [0.2, 0.25) is 0 Å². The molecule has 1 aromatic carbocycles. The minimum atomic E-state index is -0.207. The maximum absolute atomic E-state index is 14.0. The van der Waals surface area contributed by atoms with Gasteiger partial charge >= 0.3 is 0 Å². The van der Waals surface area contributed by atoms with Crippen molar-refractivity contribution < 1.29 is 4.39 Å². The maximum Gasteiger partial charge on any atom is 0.129 e. The van der Waals surface area contributed by atoms with Crippen molar-refractivity contribution in [3.8, 4) is 0 Å². The molecular formula is C16H24ClFN2. The number of hydrogen-bond donors (Lipinski definition) is 1. The molecule has 0 radical (unpaired) electrons. The van der Waals surface area contributed by atoms with Gasteiger partial charge in [0.05, 0.1) is 0 Å². The largest absolute Gasteiger partial charge is 0.308 e. The molecule has 0 amide bonds. The van der Waals surface area contributed by atoms with Crippen LogP contribution in [0.25, 0.3) is 0 Å². The van der Waals surface area contributed by atoms with E-state index in [-0.39, 0.29) is 11.4 Å². The van der Waals surface area contributed by atoms with Gasteiger partial charge in [-0.3, -0.25) is 4.90 Å². The molecule has 0 aromatic heterocycles. The summed E-state index contributed by atoms with van der Waals surface area (Å²) < 4.78 is 14.0. The monoisotopic (exact) mass is 298 g/mol. The van der Waals surface area contributed by atoms with Gasteiger partial charge in [-0.05, 0) is 31.9 Å². The predicted molar refractivity (Wildman–Crippen MR) is 82.6 cm³/mol. The zero-order chi connectivity index (χ0) is 14.8. The Balaban J connectivity index is 2.18. The molecule has 1 aliphatic rings. The molecule has 2 nitrogen and oxygen atoms in total. The van der Waals surface area contributed by atoms with Crippen LogP contribution in [0, 0.1) is 5.82 Å². The highest BCUT2D eigenvalue weighted by Gasteiger charge is 2.35. The van der Waals surface area contributed by atoms with E-state index in [2.05, 4.69) is 31.0 Å². The van der Waals surface area contributed by atoms with Crippen LogP contribution in [-0.4, -0.2) is 29.6 Å². The fourth-order valence-electron chi connectivity index (χ4n) is 2.92. The molecule has 0 aliphatic carbocycles. The van der Waals surface area contributed by atoms with E-state index in [1.807, 2.05) is 0 Å². The first-order valence-electron chi connectivity index (χ1n) is 7.43. The zero-order valence-electron chi connectivity index (χ0n) is 12.5. The van der Waals surface area contributed by atoms with Gasteiger partial charge in [0.1, 0.15) is 5.82 Å². The molecule has 1 aliphatic heterocycles. The second-order valence-corrected chi connectivity index (χ2v) is 6.23. The lowest BCUT2D eigenvalue weighted by molar-refractivity contribution is 0.0737. The molecule has 2 rings (SSSR count). The van der Waals surface area contributed by atoms with E-state index in [0.717, 1.165) is 25.9 Å². The molecule has 1 N–H and O–H groups in total. The second-order valence-electron chi connectivity index (χ2n) is 5.82.